The average molecular weight is 448 g/mol. The maximum absolute atomic E-state index is 13.0. The number of hydrogen-bond acceptors (Lipinski definition) is 4. The fourth-order valence-corrected chi connectivity index (χ4v) is 5.08. The number of sulfonamides is 1. The molecule has 1 aliphatic heterocycles. The molecule has 30 heavy (non-hydrogen) atoms. The predicted octanol–water partition coefficient (Wildman–Crippen LogP) is 3.05. The van der Waals surface area contributed by atoms with Crippen LogP contribution in [0, 0.1) is 0 Å². The molecule has 1 heterocycles. The summed E-state index contributed by atoms with van der Waals surface area (Å²) in [6, 6.07) is 11.5. The van der Waals surface area contributed by atoms with Crippen LogP contribution >= 0.6 is 11.6 Å². The van der Waals surface area contributed by atoms with Crippen LogP contribution in [0.4, 0.5) is 5.69 Å². The highest BCUT2D eigenvalue weighted by atomic mass is 35.5. The highest BCUT2D eigenvalue weighted by Crippen LogP contribution is 2.28. The highest BCUT2D eigenvalue weighted by molar-refractivity contribution is 7.89. The van der Waals surface area contributed by atoms with Crippen LogP contribution < -0.4 is 10.6 Å². The molecule has 2 aromatic carbocycles. The second-order valence-electron chi connectivity index (χ2n) is 6.76. The van der Waals surface area contributed by atoms with Gasteiger partial charge in [0.2, 0.25) is 15.9 Å². The minimum Gasteiger partial charge on any atom is -0.349 e. The molecule has 1 unspecified atom stereocenters. The molecule has 2 amide bonds. The number of halogens is 1. The standard InChI is InChI=1S/C21H22ClN3O4S/c1-2-13-23-20(26)17-6-3-4-7-18(17)24-21(27)19-8-5-14-25(19)30(28,29)16-11-9-15(22)10-12-16/h2-4,6-7,9-12,19H,1,5,8,13-14H2,(H,23,26)(H,24,27). The van der Waals surface area contributed by atoms with Gasteiger partial charge in [0, 0.05) is 18.1 Å². The molecule has 158 valence electrons. The number of benzene rings is 2. The van der Waals surface area contributed by atoms with E-state index in [9.17, 15) is 18.0 Å². The molecular weight excluding hydrogens is 426 g/mol. The summed E-state index contributed by atoms with van der Waals surface area (Å²) in [6.45, 7) is 4.09. The molecule has 9 heteroatoms. The number of carbonyl (C=O) groups is 2. The van der Waals surface area contributed by atoms with Crippen molar-refractivity contribution in [2.45, 2.75) is 23.8 Å². The molecule has 0 bridgehead atoms. The Kier molecular flexibility index (Phi) is 6.91. The Morgan fingerprint density at radius 1 is 1.17 bits per heavy atom. The molecule has 3 rings (SSSR count). The lowest BCUT2D eigenvalue weighted by Gasteiger charge is -2.24. The second kappa shape index (κ2) is 9.42. The number of hydrogen-bond donors (Lipinski definition) is 2. The Balaban J connectivity index is 1.81. The molecule has 1 atom stereocenters. The Morgan fingerprint density at radius 2 is 1.87 bits per heavy atom. The van der Waals surface area contributed by atoms with Crippen molar-refractivity contribution in [2.75, 3.05) is 18.4 Å². The van der Waals surface area contributed by atoms with Crippen molar-refractivity contribution in [3.05, 3.63) is 71.8 Å². The van der Waals surface area contributed by atoms with Crippen LogP contribution in [0.2, 0.25) is 5.02 Å². The van der Waals surface area contributed by atoms with Crippen LogP contribution in [0.15, 0.2) is 66.1 Å². The first-order chi connectivity index (χ1) is 14.3. The Labute approximate surface area is 180 Å². The van der Waals surface area contributed by atoms with Crippen LogP contribution in [0.3, 0.4) is 0 Å². The van der Waals surface area contributed by atoms with Gasteiger partial charge in [-0.25, -0.2) is 8.42 Å². The predicted molar refractivity (Wildman–Crippen MR) is 116 cm³/mol. The van der Waals surface area contributed by atoms with Gasteiger partial charge in [0.15, 0.2) is 0 Å². The largest absolute Gasteiger partial charge is 0.349 e. The summed E-state index contributed by atoms with van der Waals surface area (Å²) in [5, 5.41) is 5.81. The van der Waals surface area contributed by atoms with Gasteiger partial charge in [-0.1, -0.05) is 29.8 Å². The van der Waals surface area contributed by atoms with Gasteiger partial charge in [-0.2, -0.15) is 4.31 Å². The normalized spacial score (nSPS) is 16.8. The molecule has 0 spiro atoms. The molecule has 0 aliphatic carbocycles. The van der Waals surface area contributed by atoms with Gasteiger partial charge in [0.05, 0.1) is 16.1 Å². The minimum atomic E-state index is -3.86. The van der Waals surface area contributed by atoms with Crippen molar-refractivity contribution in [3.63, 3.8) is 0 Å². The van der Waals surface area contributed by atoms with Gasteiger partial charge in [-0.15, -0.1) is 6.58 Å². The molecule has 0 radical (unpaired) electrons. The van der Waals surface area contributed by atoms with E-state index in [4.69, 9.17) is 11.6 Å². The Bertz CT molecular complexity index is 1050. The topological polar surface area (TPSA) is 95.6 Å². The number of para-hydroxylation sites is 1. The number of carbonyl (C=O) groups excluding carboxylic acids is 2. The lowest BCUT2D eigenvalue weighted by Crippen LogP contribution is -2.43. The van der Waals surface area contributed by atoms with Gasteiger partial charge in [0.1, 0.15) is 6.04 Å². The summed E-state index contributed by atoms with van der Waals surface area (Å²) < 4.78 is 27.3. The van der Waals surface area contributed by atoms with Crippen LogP contribution in [0.25, 0.3) is 0 Å². The van der Waals surface area contributed by atoms with E-state index in [1.54, 1.807) is 30.3 Å². The third-order valence-corrected chi connectivity index (χ3v) is 6.94. The molecule has 2 N–H and O–H groups in total. The summed E-state index contributed by atoms with van der Waals surface area (Å²) in [6.07, 6.45) is 2.51. The summed E-state index contributed by atoms with van der Waals surface area (Å²) in [7, 11) is -3.86. The van der Waals surface area contributed by atoms with Crippen molar-refractivity contribution in [1.29, 1.82) is 0 Å². The van der Waals surface area contributed by atoms with Crippen LogP contribution in [-0.4, -0.2) is 43.7 Å². The minimum absolute atomic E-state index is 0.0794. The van der Waals surface area contributed by atoms with E-state index in [1.807, 2.05) is 0 Å². The van der Waals surface area contributed by atoms with E-state index >= 15 is 0 Å². The van der Waals surface area contributed by atoms with E-state index in [0.717, 1.165) is 0 Å². The van der Waals surface area contributed by atoms with Crippen LogP contribution in [-0.2, 0) is 14.8 Å². The van der Waals surface area contributed by atoms with Crippen molar-refractivity contribution in [1.82, 2.24) is 9.62 Å². The first-order valence-corrected chi connectivity index (χ1v) is 11.2. The van der Waals surface area contributed by atoms with E-state index in [0.29, 0.717) is 23.6 Å². The molecule has 1 aliphatic rings. The molecule has 7 nitrogen and oxygen atoms in total. The van der Waals surface area contributed by atoms with Crippen molar-refractivity contribution < 1.29 is 18.0 Å². The molecule has 1 fully saturated rings. The summed E-state index contributed by atoms with van der Waals surface area (Å²) in [5.74, 6) is -0.836. The summed E-state index contributed by atoms with van der Waals surface area (Å²) in [5.41, 5.74) is 0.609. The average Bonchev–Trinajstić information content (AvgIpc) is 3.24. The monoisotopic (exact) mass is 447 g/mol. The molecule has 1 saturated heterocycles. The van der Waals surface area contributed by atoms with E-state index in [-0.39, 0.29) is 29.5 Å². The van der Waals surface area contributed by atoms with Gasteiger partial charge >= 0.3 is 0 Å². The number of anilines is 1. The van der Waals surface area contributed by atoms with Gasteiger partial charge in [-0.3, -0.25) is 9.59 Å². The molecule has 0 aromatic heterocycles. The molecule has 2 aromatic rings. The Hall–Kier alpha value is -2.68. The molecule has 0 saturated carbocycles. The fourth-order valence-electron chi connectivity index (χ4n) is 3.30. The first-order valence-electron chi connectivity index (χ1n) is 9.41. The zero-order valence-electron chi connectivity index (χ0n) is 16.2. The maximum atomic E-state index is 13.0. The zero-order chi connectivity index (χ0) is 21.7. The Morgan fingerprint density at radius 3 is 2.57 bits per heavy atom. The highest BCUT2D eigenvalue weighted by Gasteiger charge is 2.39. The lowest BCUT2D eigenvalue weighted by atomic mass is 10.1. The zero-order valence-corrected chi connectivity index (χ0v) is 17.7. The van der Waals surface area contributed by atoms with Crippen molar-refractivity contribution >= 4 is 39.1 Å². The van der Waals surface area contributed by atoms with E-state index in [1.165, 1.54) is 28.6 Å². The third kappa shape index (κ3) is 4.72. The lowest BCUT2D eigenvalue weighted by molar-refractivity contribution is -0.119. The van der Waals surface area contributed by atoms with Gasteiger partial charge in [0.25, 0.3) is 5.91 Å². The summed E-state index contributed by atoms with van der Waals surface area (Å²) in [4.78, 5) is 25.4. The smallest absolute Gasteiger partial charge is 0.253 e. The number of rotatable bonds is 7. The second-order valence-corrected chi connectivity index (χ2v) is 9.09. The van der Waals surface area contributed by atoms with Gasteiger partial charge < -0.3 is 10.6 Å². The first kappa shape index (κ1) is 22.0. The number of nitrogens with zero attached hydrogens (tertiary/aromatic N) is 1. The third-order valence-electron chi connectivity index (χ3n) is 4.76. The maximum Gasteiger partial charge on any atom is 0.253 e. The fraction of sp³-hybridized carbons (Fsp3) is 0.238. The van der Waals surface area contributed by atoms with Crippen LogP contribution in [0.1, 0.15) is 23.2 Å². The van der Waals surface area contributed by atoms with Crippen molar-refractivity contribution in [2.24, 2.45) is 0 Å². The number of amides is 2. The number of nitrogens with one attached hydrogen (secondary N) is 2. The summed E-state index contributed by atoms with van der Waals surface area (Å²) >= 11 is 5.85. The van der Waals surface area contributed by atoms with Crippen molar-refractivity contribution in [3.8, 4) is 0 Å². The van der Waals surface area contributed by atoms with E-state index < -0.39 is 22.0 Å². The quantitative estimate of drug-likeness (QED) is 0.637. The van der Waals surface area contributed by atoms with E-state index in [2.05, 4.69) is 17.2 Å². The molecular formula is C21H22ClN3O4S. The van der Waals surface area contributed by atoms with Gasteiger partial charge in [-0.05, 0) is 49.2 Å². The SMILES string of the molecule is C=CCNC(=O)c1ccccc1NC(=O)C1CCCN1S(=O)(=O)c1ccc(Cl)cc1. The van der Waals surface area contributed by atoms with Crippen LogP contribution in [0.5, 0.6) is 0 Å².